The highest BCUT2D eigenvalue weighted by Crippen LogP contribution is 2.29. The van der Waals surface area contributed by atoms with Crippen molar-refractivity contribution in [2.45, 2.75) is 47.2 Å². The third-order valence-electron chi connectivity index (χ3n) is 4.13. The molecule has 0 aliphatic rings. The highest BCUT2D eigenvalue weighted by Gasteiger charge is 2.20. The molecule has 122 valence electrons. The summed E-state index contributed by atoms with van der Waals surface area (Å²) in [6.45, 7) is 10.9. The predicted molar refractivity (Wildman–Crippen MR) is 95.5 cm³/mol. The van der Waals surface area contributed by atoms with Crippen LogP contribution in [0.1, 0.15) is 48.7 Å². The molecule has 0 aliphatic heterocycles. The van der Waals surface area contributed by atoms with Crippen LogP contribution in [0.25, 0.3) is 10.2 Å². The Hall–Kier alpha value is -2.08. The van der Waals surface area contributed by atoms with Gasteiger partial charge in [-0.05, 0) is 52.1 Å². The van der Waals surface area contributed by atoms with Gasteiger partial charge in [-0.3, -0.25) is 9.48 Å². The van der Waals surface area contributed by atoms with E-state index < -0.39 is 0 Å². The maximum Gasteiger partial charge on any atom is 0.272 e. The Morgan fingerprint density at radius 2 is 2.13 bits per heavy atom. The largest absolute Gasteiger partial charge is 0.333 e. The molecule has 0 aliphatic carbocycles. The molecule has 23 heavy (non-hydrogen) atoms. The summed E-state index contributed by atoms with van der Waals surface area (Å²) < 4.78 is 5.14. The van der Waals surface area contributed by atoms with Gasteiger partial charge in [-0.2, -0.15) is 5.10 Å². The summed E-state index contributed by atoms with van der Waals surface area (Å²) in [5.74, 6) is -0.0797. The summed E-state index contributed by atoms with van der Waals surface area (Å²) in [7, 11) is 0. The van der Waals surface area contributed by atoms with Gasteiger partial charge in [0.2, 0.25) is 0 Å². The number of nitrogens with one attached hydrogen (secondary N) is 1. The number of carbonyl (C=O) groups is 1. The van der Waals surface area contributed by atoms with Gasteiger partial charge in [0.05, 0.1) is 27.3 Å². The van der Waals surface area contributed by atoms with Crippen molar-refractivity contribution in [3.8, 4) is 0 Å². The molecule has 1 amide bonds. The molecule has 0 saturated carbocycles. The van der Waals surface area contributed by atoms with Crippen LogP contribution in [-0.4, -0.2) is 20.3 Å². The number of hydrogen-bond donors (Lipinski definition) is 1. The maximum absolute atomic E-state index is 12.8. The Labute approximate surface area is 139 Å². The number of aryl methyl sites for hydroxylation is 2. The Balaban J connectivity index is 2.00. The van der Waals surface area contributed by atoms with E-state index in [4.69, 9.17) is 0 Å². The standard InChI is InChI=1S/C17H22N4OS/c1-6-20-12(5)16(11(4)19-20)18-17(22)14-9-15-13(7-8-23-15)21(14)10(2)3/h7-10H,6H2,1-5H3,(H,18,22). The number of aromatic nitrogens is 3. The van der Waals surface area contributed by atoms with Crippen molar-refractivity contribution in [1.29, 1.82) is 0 Å². The van der Waals surface area contributed by atoms with Crippen molar-refractivity contribution in [2.24, 2.45) is 0 Å². The van der Waals surface area contributed by atoms with Crippen LogP contribution < -0.4 is 5.32 Å². The second-order valence-corrected chi connectivity index (χ2v) is 6.93. The van der Waals surface area contributed by atoms with E-state index >= 15 is 0 Å². The predicted octanol–water partition coefficient (Wildman–Crippen LogP) is 4.37. The van der Waals surface area contributed by atoms with E-state index in [2.05, 4.69) is 40.3 Å². The Bertz CT molecular complexity index is 869. The molecule has 3 rings (SSSR count). The molecule has 0 unspecified atom stereocenters. The minimum atomic E-state index is -0.0797. The molecule has 1 N–H and O–H groups in total. The van der Waals surface area contributed by atoms with E-state index in [0.29, 0.717) is 5.69 Å². The zero-order valence-electron chi connectivity index (χ0n) is 14.2. The Morgan fingerprint density at radius 3 is 2.74 bits per heavy atom. The smallest absolute Gasteiger partial charge is 0.272 e. The van der Waals surface area contributed by atoms with Gasteiger partial charge in [0.25, 0.3) is 5.91 Å². The first-order valence-electron chi connectivity index (χ1n) is 7.87. The molecule has 0 bridgehead atoms. The molecule has 0 spiro atoms. The van der Waals surface area contributed by atoms with E-state index in [-0.39, 0.29) is 11.9 Å². The molecule has 3 aromatic heterocycles. The lowest BCUT2D eigenvalue weighted by Gasteiger charge is -2.14. The van der Waals surface area contributed by atoms with Crippen molar-refractivity contribution in [3.63, 3.8) is 0 Å². The van der Waals surface area contributed by atoms with Gasteiger partial charge < -0.3 is 9.88 Å². The summed E-state index contributed by atoms with van der Waals surface area (Å²) in [4.78, 5) is 12.8. The number of amides is 1. The lowest BCUT2D eigenvalue weighted by atomic mass is 10.3. The van der Waals surface area contributed by atoms with Crippen LogP contribution in [0.4, 0.5) is 5.69 Å². The average Bonchev–Trinajstić information content (AvgIpc) is 3.14. The van der Waals surface area contributed by atoms with E-state index in [1.54, 1.807) is 11.3 Å². The summed E-state index contributed by atoms with van der Waals surface area (Å²) in [5, 5.41) is 9.58. The van der Waals surface area contributed by atoms with Gasteiger partial charge in [-0.15, -0.1) is 11.3 Å². The number of carbonyl (C=O) groups excluding carboxylic acids is 1. The molecule has 0 aromatic carbocycles. The minimum Gasteiger partial charge on any atom is -0.333 e. The molecule has 5 nitrogen and oxygen atoms in total. The van der Waals surface area contributed by atoms with Gasteiger partial charge in [-0.1, -0.05) is 0 Å². The molecular weight excluding hydrogens is 308 g/mol. The zero-order chi connectivity index (χ0) is 16.7. The highest BCUT2D eigenvalue weighted by atomic mass is 32.1. The third-order valence-corrected chi connectivity index (χ3v) is 4.98. The van der Waals surface area contributed by atoms with Crippen LogP contribution in [0.3, 0.4) is 0 Å². The van der Waals surface area contributed by atoms with Gasteiger partial charge in [0, 0.05) is 12.6 Å². The minimum absolute atomic E-state index is 0.0797. The van der Waals surface area contributed by atoms with Gasteiger partial charge in [0.15, 0.2) is 0 Å². The van der Waals surface area contributed by atoms with E-state index in [1.807, 2.05) is 31.5 Å². The molecule has 0 atom stereocenters. The molecule has 0 saturated heterocycles. The Morgan fingerprint density at radius 1 is 1.39 bits per heavy atom. The molecule has 0 radical (unpaired) electrons. The van der Waals surface area contributed by atoms with Crippen LogP contribution in [0.5, 0.6) is 0 Å². The van der Waals surface area contributed by atoms with Crippen LogP contribution in [-0.2, 0) is 6.54 Å². The van der Waals surface area contributed by atoms with Crippen molar-refractivity contribution >= 4 is 33.1 Å². The second kappa shape index (κ2) is 5.85. The van der Waals surface area contributed by atoms with Crippen LogP contribution >= 0.6 is 11.3 Å². The normalized spacial score (nSPS) is 11.6. The van der Waals surface area contributed by atoms with Crippen LogP contribution in [0.2, 0.25) is 0 Å². The molecule has 0 fully saturated rings. The van der Waals surface area contributed by atoms with Gasteiger partial charge in [-0.25, -0.2) is 0 Å². The van der Waals surface area contributed by atoms with Crippen molar-refractivity contribution < 1.29 is 4.79 Å². The van der Waals surface area contributed by atoms with Gasteiger partial charge in [0.1, 0.15) is 5.69 Å². The van der Waals surface area contributed by atoms with Crippen molar-refractivity contribution in [2.75, 3.05) is 5.32 Å². The summed E-state index contributed by atoms with van der Waals surface area (Å²) in [5.41, 5.74) is 4.47. The Kier molecular flexibility index (Phi) is 4.02. The van der Waals surface area contributed by atoms with E-state index in [9.17, 15) is 4.79 Å². The number of fused-ring (bicyclic) bond motifs is 1. The molecule has 6 heteroatoms. The van der Waals surface area contributed by atoms with E-state index in [0.717, 1.165) is 33.8 Å². The maximum atomic E-state index is 12.8. The summed E-state index contributed by atoms with van der Waals surface area (Å²) >= 11 is 1.66. The second-order valence-electron chi connectivity index (χ2n) is 5.98. The van der Waals surface area contributed by atoms with Crippen molar-refractivity contribution in [1.82, 2.24) is 14.3 Å². The summed E-state index contributed by atoms with van der Waals surface area (Å²) in [6, 6.07) is 4.27. The lowest BCUT2D eigenvalue weighted by molar-refractivity contribution is 0.101. The fourth-order valence-electron chi connectivity index (χ4n) is 3.04. The topological polar surface area (TPSA) is 51.9 Å². The first kappa shape index (κ1) is 15.8. The average molecular weight is 330 g/mol. The first-order chi connectivity index (χ1) is 10.9. The quantitative estimate of drug-likeness (QED) is 0.772. The van der Waals surface area contributed by atoms with Crippen LogP contribution in [0, 0.1) is 13.8 Å². The van der Waals surface area contributed by atoms with Crippen molar-refractivity contribution in [3.05, 3.63) is 34.6 Å². The number of thiophene rings is 1. The fourth-order valence-corrected chi connectivity index (χ4v) is 3.85. The summed E-state index contributed by atoms with van der Waals surface area (Å²) in [6.07, 6.45) is 0. The lowest BCUT2D eigenvalue weighted by Crippen LogP contribution is -2.18. The first-order valence-corrected chi connectivity index (χ1v) is 8.75. The number of rotatable bonds is 4. The number of nitrogens with zero attached hydrogens (tertiary/aromatic N) is 3. The third kappa shape index (κ3) is 2.57. The highest BCUT2D eigenvalue weighted by molar-refractivity contribution is 7.17. The monoisotopic (exact) mass is 330 g/mol. The zero-order valence-corrected chi connectivity index (χ0v) is 15.0. The van der Waals surface area contributed by atoms with Crippen LogP contribution in [0.15, 0.2) is 17.5 Å². The number of anilines is 1. The SMILES string of the molecule is CCn1nc(C)c(NC(=O)c2cc3sccc3n2C(C)C)c1C. The van der Waals surface area contributed by atoms with E-state index in [1.165, 1.54) is 0 Å². The molecular formula is C17H22N4OS. The molecule has 3 aromatic rings. The fraction of sp³-hybridized carbons (Fsp3) is 0.412. The van der Waals surface area contributed by atoms with Gasteiger partial charge >= 0.3 is 0 Å². The number of hydrogen-bond acceptors (Lipinski definition) is 3. The molecule has 3 heterocycles.